The second-order valence-electron chi connectivity index (χ2n) is 4.62. The molecule has 0 aliphatic heterocycles. The zero-order chi connectivity index (χ0) is 15.7. The van der Waals surface area contributed by atoms with E-state index in [0.717, 1.165) is 19.6 Å². The lowest BCUT2D eigenvalue weighted by Crippen LogP contribution is -2.34. The van der Waals surface area contributed by atoms with Crippen molar-refractivity contribution in [1.29, 1.82) is 0 Å². The maximum atomic E-state index is 12.0. The monoisotopic (exact) mass is 292 g/mol. The minimum atomic E-state index is -0.283. The number of amides is 2. The first-order chi connectivity index (χ1) is 10.1. The highest BCUT2D eigenvalue weighted by Gasteiger charge is 2.07. The number of nitrogens with one attached hydrogen (secondary N) is 2. The quantitative estimate of drug-likeness (QED) is 0.656. The molecule has 0 atom stereocenters. The molecule has 0 unspecified atom stereocenters. The number of carbonyl (C=O) groups is 2. The summed E-state index contributed by atoms with van der Waals surface area (Å²) < 4.78 is 0. The number of anilines is 1. The first-order valence-electron chi connectivity index (χ1n) is 7.21. The second-order valence-corrected chi connectivity index (χ2v) is 4.62. The Balaban J connectivity index is 2.54. The summed E-state index contributed by atoms with van der Waals surface area (Å²) in [6, 6.07) is 6.80. The first kappa shape index (κ1) is 17.1. The molecule has 21 heavy (non-hydrogen) atoms. The van der Waals surface area contributed by atoms with E-state index in [0.29, 0.717) is 17.8 Å². The van der Waals surface area contributed by atoms with Crippen LogP contribution in [0.1, 0.15) is 24.2 Å². The van der Waals surface area contributed by atoms with Gasteiger partial charge in [-0.3, -0.25) is 9.59 Å². The molecular weight excluding hydrogens is 268 g/mol. The van der Waals surface area contributed by atoms with Gasteiger partial charge in [0.15, 0.2) is 0 Å². The van der Waals surface area contributed by atoms with Crippen molar-refractivity contribution in [3.63, 3.8) is 0 Å². The first-order valence-corrected chi connectivity index (χ1v) is 7.21. The van der Waals surface area contributed by atoms with E-state index in [2.05, 4.69) is 29.4 Å². The van der Waals surface area contributed by atoms with Gasteiger partial charge < -0.3 is 21.3 Å². The Labute approximate surface area is 125 Å². The molecule has 1 aromatic carbocycles. The van der Waals surface area contributed by atoms with Crippen LogP contribution in [0.3, 0.4) is 0 Å². The predicted molar refractivity (Wildman–Crippen MR) is 84.2 cm³/mol. The Morgan fingerprint density at radius 3 is 2.57 bits per heavy atom. The Morgan fingerprint density at radius 2 is 1.95 bits per heavy atom. The van der Waals surface area contributed by atoms with Crippen molar-refractivity contribution in [2.45, 2.75) is 13.8 Å². The lowest BCUT2D eigenvalue weighted by molar-refractivity contribution is -0.114. The fourth-order valence-corrected chi connectivity index (χ4v) is 1.92. The van der Waals surface area contributed by atoms with Gasteiger partial charge in [-0.15, -0.1) is 0 Å². The molecule has 0 aliphatic rings. The third-order valence-electron chi connectivity index (χ3n) is 3.20. The molecule has 4 N–H and O–H groups in total. The molecule has 0 fully saturated rings. The van der Waals surface area contributed by atoms with E-state index in [4.69, 9.17) is 5.73 Å². The molecule has 116 valence electrons. The third kappa shape index (κ3) is 5.93. The molecule has 0 aromatic heterocycles. The number of benzene rings is 1. The number of hydrogen-bond acceptors (Lipinski definition) is 4. The van der Waals surface area contributed by atoms with Gasteiger partial charge in [0.1, 0.15) is 0 Å². The van der Waals surface area contributed by atoms with Gasteiger partial charge in [0, 0.05) is 24.3 Å². The molecule has 0 saturated carbocycles. The molecule has 0 bridgehead atoms. The summed E-state index contributed by atoms with van der Waals surface area (Å²) in [7, 11) is 0. The van der Waals surface area contributed by atoms with Crippen LogP contribution in [0.2, 0.25) is 0 Å². The van der Waals surface area contributed by atoms with E-state index in [-0.39, 0.29) is 18.4 Å². The van der Waals surface area contributed by atoms with Gasteiger partial charge in [-0.2, -0.15) is 0 Å². The maximum absolute atomic E-state index is 12.0. The Hall–Kier alpha value is -1.92. The maximum Gasteiger partial charge on any atom is 0.251 e. The van der Waals surface area contributed by atoms with E-state index in [1.54, 1.807) is 24.3 Å². The SMILES string of the molecule is CCN(CC)CCNC(=O)c1cccc(NC(=O)CN)c1. The van der Waals surface area contributed by atoms with Gasteiger partial charge in [-0.25, -0.2) is 0 Å². The van der Waals surface area contributed by atoms with E-state index >= 15 is 0 Å². The van der Waals surface area contributed by atoms with Crippen molar-refractivity contribution in [3.05, 3.63) is 29.8 Å². The lowest BCUT2D eigenvalue weighted by atomic mass is 10.2. The summed E-state index contributed by atoms with van der Waals surface area (Å²) >= 11 is 0. The van der Waals surface area contributed by atoms with Crippen molar-refractivity contribution in [1.82, 2.24) is 10.2 Å². The van der Waals surface area contributed by atoms with Crippen molar-refractivity contribution >= 4 is 17.5 Å². The summed E-state index contributed by atoms with van der Waals surface area (Å²) in [6.07, 6.45) is 0. The normalized spacial score (nSPS) is 10.5. The number of hydrogen-bond donors (Lipinski definition) is 3. The molecule has 1 rings (SSSR count). The van der Waals surface area contributed by atoms with E-state index in [9.17, 15) is 9.59 Å². The predicted octanol–water partition coefficient (Wildman–Crippen LogP) is 0.655. The number of carbonyl (C=O) groups excluding carboxylic acids is 2. The third-order valence-corrected chi connectivity index (χ3v) is 3.20. The summed E-state index contributed by atoms with van der Waals surface area (Å²) in [5.74, 6) is -0.430. The minimum absolute atomic E-state index is 0.0830. The van der Waals surface area contributed by atoms with Gasteiger partial charge in [0.05, 0.1) is 6.54 Å². The van der Waals surface area contributed by atoms with Crippen molar-refractivity contribution < 1.29 is 9.59 Å². The van der Waals surface area contributed by atoms with Crippen molar-refractivity contribution in [3.8, 4) is 0 Å². The van der Waals surface area contributed by atoms with Gasteiger partial charge in [-0.05, 0) is 31.3 Å². The molecular formula is C15H24N4O2. The van der Waals surface area contributed by atoms with Crippen LogP contribution in [0.5, 0.6) is 0 Å². The molecule has 0 aliphatic carbocycles. The van der Waals surface area contributed by atoms with Gasteiger partial charge in [0.25, 0.3) is 5.91 Å². The zero-order valence-corrected chi connectivity index (χ0v) is 12.7. The summed E-state index contributed by atoms with van der Waals surface area (Å²) in [5.41, 5.74) is 6.33. The van der Waals surface area contributed by atoms with E-state index in [1.807, 2.05) is 0 Å². The Bertz CT molecular complexity index is 472. The largest absolute Gasteiger partial charge is 0.351 e. The topological polar surface area (TPSA) is 87.5 Å². The number of rotatable bonds is 8. The van der Waals surface area contributed by atoms with Crippen LogP contribution >= 0.6 is 0 Å². The standard InChI is InChI=1S/C15H24N4O2/c1-3-19(4-2)9-8-17-15(21)12-6-5-7-13(10-12)18-14(20)11-16/h5-7,10H,3-4,8-9,11,16H2,1-2H3,(H,17,21)(H,18,20). The average Bonchev–Trinajstić information content (AvgIpc) is 2.51. The summed E-state index contributed by atoms with van der Waals surface area (Å²) in [5, 5.41) is 5.50. The molecule has 0 saturated heterocycles. The van der Waals surface area contributed by atoms with Crippen LogP contribution in [0.4, 0.5) is 5.69 Å². The fraction of sp³-hybridized carbons (Fsp3) is 0.467. The molecule has 0 spiro atoms. The summed E-state index contributed by atoms with van der Waals surface area (Å²) in [4.78, 5) is 25.5. The number of nitrogens with two attached hydrogens (primary N) is 1. The van der Waals surface area contributed by atoms with Gasteiger partial charge in [-0.1, -0.05) is 19.9 Å². The molecule has 2 amide bonds. The average molecular weight is 292 g/mol. The van der Waals surface area contributed by atoms with Crippen molar-refractivity contribution in [2.24, 2.45) is 5.73 Å². The zero-order valence-electron chi connectivity index (χ0n) is 12.7. The van der Waals surface area contributed by atoms with E-state index in [1.165, 1.54) is 0 Å². The molecule has 6 nitrogen and oxygen atoms in total. The van der Waals surface area contributed by atoms with Crippen LogP contribution in [0, 0.1) is 0 Å². The minimum Gasteiger partial charge on any atom is -0.351 e. The molecule has 0 heterocycles. The van der Waals surface area contributed by atoms with E-state index < -0.39 is 0 Å². The molecule has 0 radical (unpaired) electrons. The molecule has 6 heteroatoms. The Morgan fingerprint density at radius 1 is 1.24 bits per heavy atom. The highest BCUT2D eigenvalue weighted by molar-refractivity contribution is 5.97. The smallest absolute Gasteiger partial charge is 0.251 e. The molecule has 1 aromatic rings. The number of nitrogens with zero attached hydrogens (tertiary/aromatic N) is 1. The number of likely N-dealkylation sites (N-methyl/N-ethyl adjacent to an activating group) is 1. The second kappa shape index (κ2) is 9.10. The Kier molecular flexibility index (Phi) is 7.42. The van der Waals surface area contributed by atoms with Crippen LogP contribution in [0.15, 0.2) is 24.3 Å². The van der Waals surface area contributed by atoms with Crippen LogP contribution < -0.4 is 16.4 Å². The summed E-state index contributed by atoms with van der Waals surface area (Å²) in [6.45, 7) is 7.45. The van der Waals surface area contributed by atoms with Crippen molar-refractivity contribution in [2.75, 3.05) is 38.0 Å². The van der Waals surface area contributed by atoms with Gasteiger partial charge in [0.2, 0.25) is 5.91 Å². The highest BCUT2D eigenvalue weighted by Crippen LogP contribution is 2.10. The lowest BCUT2D eigenvalue weighted by Gasteiger charge is -2.18. The van der Waals surface area contributed by atoms with Crippen LogP contribution in [-0.2, 0) is 4.79 Å². The fourth-order valence-electron chi connectivity index (χ4n) is 1.92. The van der Waals surface area contributed by atoms with Gasteiger partial charge >= 0.3 is 0 Å². The van der Waals surface area contributed by atoms with Crippen LogP contribution in [0.25, 0.3) is 0 Å². The highest BCUT2D eigenvalue weighted by atomic mass is 16.2. The van der Waals surface area contributed by atoms with Crippen LogP contribution in [-0.4, -0.2) is 49.4 Å².